The number of likely N-dealkylation sites (tertiary alicyclic amines) is 1. The van der Waals surface area contributed by atoms with E-state index in [1.165, 1.54) is 5.56 Å². The largest absolute Gasteiger partial charge is 0.493 e. The van der Waals surface area contributed by atoms with Crippen LogP contribution in [0.5, 0.6) is 11.5 Å². The van der Waals surface area contributed by atoms with Crippen LogP contribution >= 0.6 is 12.4 Å². The first kappa shape index (κ1) is 27.5. The lowest BCUT2D eigenvalue weighted by molar-refractivity contribution is 0.0999. The van der Waals surface area contributed by atoms with Crippen LogP contribution in [0.25, 0.3) is 0 Å². The molecule has 0 bridgehead atoms. The van der Waals surface area contributed by atoms with Gasteiger partial charge in [-0.1, -0.05) is 12.1 Å². The zero-order valence-corrected chi connectivity index (χ0v) is 22.9. The average Bonchev–Trinajstić information content (AvgIpc) is 2.85. The average molecular weight is 514 g/mol. The van der Waals surface area contributed by atoms with Crippen LogP contribution in [0.3, 0.4) is 0 Å². The van der Waals surface area contributed by atoms with Crippen LogP contribution in [0.15, 0.2) is 46.4 Å². The van der Waals surface area contributed by atoms with Crippen LogP contribution in [0, 0.1) is 0 Å². The van der Waals surface area contributed by atoms with E-state index >= 15 is 0 Å². The highest BCUT2D eigenvalue weighted by Gasteiger charge is 2.36. The molecule has 2 heterocycles. The number of halogens is 1. The Kier molecular flexibility index (Phi) is 8.63. The van der Waals surface area contributed by atoms with Gasteiger partial charge in [-0.15, -0.1) is 12.4 Å². The lowest BCUT2D eigenvalue weighted by Crippen LogP contribution is -2.41. The molecule has 1 amide bonds. The van der Waals surface area contributed by atoms with E-state index in [4.69, 9.17) is 14.5 Å². The van der Waals surface area contributed by atoms with E-state index in [1.54, 1.807) is 14.2 Å². The van der Waals surface area contributed by atoms with Crippen molar-refractivity contribution in [3.8, 4) is 11.5 Å². The molecule has 1 fully saturated rings. The lowest BCUT2D eigenvalue weighted by atomic mass is 9.79. The monoisotopic (exact) mass is 513 g/mol. The normalized spacial score (nSPS) is 18.6. The molecule has 0 aromatic heterocycles. The number of hydrogen-bond donors (Lipinski definition) is 0. The van der Waals surface area contributed by atoms with Crippen LogP contribution in [0.1, 0.15) is 39.4 Å². The summed E-state index contributed by atoms with van der Waals surface area (Å²) in [6, 6.07) is 11.9. The molecule has 1 saturated heterocycles. The summed E-state index contributed by atoms with van der Waals surface area (Å²) >= 11 is 0. The minimum atomic E-state index is -0.276. The molecule has 0 spiro atoms. The fourth-order valence-electron chi connectivity index (χ4n) is 4.96. The van der Waals surface area contributed by atoms with Crippen molar-refractivity contribution in [3.05, 3.63) is 58.7 Å². The number of benzene rings is 2. The molecule has 0 radical (unpaired) electrons. The number of carbonyl (C=O) groups excluding carboxylic acids is 1. The number of guanidine groups is 1. The standard InChI is InChI=1S/C27H35N5O3.ClH/c1-30(2)27(31(3)4)29-26(33)18-10-8-17(9-11-18)25-20-15-24(35-7)23(34-6)14-19(20)21-16-32(5)13-12-22(21)28-25;/h8-11,14-15,21-22H,12-13,16H2,1-7H3;1H/t21-,22-;/m0./s1. The predicted octanol–water partition coefficient (Wildman–Crippen LogP) is 3.38. The minimum Gasteiger partial charge on any atom is -0.493 e. The van der Waals surface area contributed by atoms with E-state index in [9.17, 15) is 4.79 Å². The second kappa shape index (κ2) is 11.3. The third-order valence-corrected chi connectivity index (χ3v) is 6.69. The number of rotatable bonds is 4. The maximum Gasteiger partial charge on any atom is 0.280 e. The molecule has 0 saturated carbocycles. The maximum absolute atomic E-state index is 12.8. The molecular weight excluding hydrogens is 478 g/mol. The lowest BCUT2D eigenvalue weighted by Gasteiger charge is -2.39. The molecule has 2 atom stereocenters. The molecule has 4 rings (SSSR count). The summed E-state index contributed by atoms with van der Waals surface area (Å²) in [6.07, 6.45) is 1.00. The smallest absolute Gasteiger partial charge is 0.280 e. The topological polar surface area (TPSA) is 70.0 Å². The van der Waals surface area contributed by atoms with Gasteiger partial charge in [-0.05, 0) is 49.8 Å². The van der Waals surface area contributed by atoms with Crippen molar-refractivity contribution < 1.29 is 14.3 Å². The third kappa shape index (κ3) is 5.34. The fraction of sp³-hybridized carbons (Fsp3) is 0.444. The Hall–Kier alpha value is -3.10. The Morgan fingerprint density at radius 1 is 1.03 bits per heavy atom. The summed E-state index contributed by atoms with van der Waals surface area (Å²) in [7, 11) is 13.0. The first-order chi connectivity index (χ1) is 16.7. The summed E-state index contributed by atoms with van der Waals surface area (Å²) in [5.74, 6) is 2.04. The first-order valence-electron chi connectivity index (χ1n) is 11.8. The predicted molar refractivity (Wildman–Crippen MR) is 147 cm³/mol. The van der Waals surface area contributed by atoms with Gasteiger partial charge in [-0.3, -0.25) is 9.79 Å². The number of hydrogen-bond acceptors (Lipinski definition) is 5. The van der Waals surface area contributed by atoms with E-state index in [0.717, 1.165) is 42.1 Å². The Morgan fingerprint density at radius 3 is 2.22 bits per heavy atom. The molecule has 2 aromatic carbocycles. The van der Waals surface area contributed by atoms with Crippen LogP contribution < -0.4 is 9.47 Å². The highest BCUT2D eigenvalue weighted by molar-refractivity contribution is 6.15. The highest BCUT2D eigenvalue weighted by Crippen LogP contribution is 2.42. The van der Waals surface area contributed by atoms with Gasteiger partial charge in [0.25, 0.3) is 5.91 Å². The molecule has 0 aliphatic carbocycles. The zero-order valence-electron chi connectivity index (χ0n) is 22.1. The van der Waals surface area contributed by atoms with Gasteiger partial charge in [0.2, 0.25) is 5.96 Å². The van der Waals surface area contributed by atoms with Crippen molar-refractivity contribution in [3.63, 3.8) is 0 Å². The van der Waals surface area contributed by atoms with Crippen LogP contribution in [-0.2, 0) is 0 Å². The summed E-state index contributed by atoms with van der Waals surface area (Å²) in [5.41, 5.74) is 4.72. The molecule has 194 valence electrons. The van der Waals surface area contributed by atoms with Crippen molar-refractivity contribution in [1.29, 1.82) is 0 Å². The van der Waals surface area contributed by atoms with E-state index in [-0.39, 0.29) is 24.4 Å². The van der Waals surface area contributed by atoms with Crippen molar-refractivity contribution in [2.75, 3.05) is 62.5 Å². The van der Waals surface area contributed by atoms with Gasteiger partial charge in [0.1, 0.15) is 0 Å². The molecule has 36 heavy (non-hydrogen) atoms. The Bertz CT molecular complexity index is 1150. The number of methoxy groups -OCH3 is 2. The molecule has 2 aliphatic rings. The highest BCUT2D eigenvalue weighted by atomic mass is 35.5. The minimum absolute atomic E-state index is 0. The zero-order chi connectivity index (χ0) is 25.3. The van der Waals surface area contributed by atoms with Gasteiger partial charge in [-0.2, -0.15) is 4.99 Å². The van der Waals surface area contributed by atoms with E-state index in [2.05, 4.69) is 23.0 Å². The van der Waals surface area contributed by atoms with Gasteiger partial charge < -0.3 is 24.2 Å². The van der Waals surface area contributed by atoms with Crippen molar-refractivity contribution in [2.24, 2.45) is 9.98 Å². The van der Waals surface area contributed by atoms with Crippen LogP contribution in [-0.4, -0.2) is 101 Å². The number of aliphatic imine (C=N–C) groups is 2. The number of ether oxygens (including phenoxy) is 2. The molecule has 8 nitrogen and oxygen atoms in total. The second-order valence-corrected chi connectivity index (χ2v) is 9.58. The number of nitrogens with zero attached hydrogens (tertiary/aromatic N) is 5. The maximum atomic E-state index is 12.8. The number of carbonyl (C=O) groups is 1. The molecule has 0 unspecified atom stereocenters. The Morgan fingerprint density at radius 2 is 1.64 bits per heavy atom. The SMILES string of the molecule is COc1cc2c(cc1OC)[C@@H]1CN(C)CC[C@@H]1N=C2c1ccc(C(=O)N=C(N(C)C)N(C)C)cc1.Cl. The summed E-state index contributed by atoms with van der Waals surface area (Å²) < 4.78 is 11.2. The van der Waals surface area contributed by atoms with E-state index < -0.39 is 0 Å². The van der Waals surface area contributed by atoms with Crippen molar-refractivity contribution in [1.82, 2.24) is 14.7 Å². The van der Waals surface area contributed by atoms with Crippen LogP contribution in [0.2, 0.25) is 0 Å². The van der Waals surface area contributed by atoms with Gasteiger partial charge in [-0.25, -0.2) is 0 Å². The number of amides is 1. The van der Waals surface area contributed by atoms with Crippen LogP contribution in [0.4, 0.5) is 0 Å². The first-order valence-corrected chi connectivity index (χ1v) is 11.8. The van der Waals surface area contributed by atoms with Gasteiger partial charge in [0.15, 0.2) is 11.5 Å². The number of likely N-dealkylation sites (N-methyl/N-ethyl adjacent to an activating group) is 1. The second-order valence-electron chi connectivity index (χ2n) is 9.58. The quantitative estimate of drug-likeness (QED) is 0.461. The molecule has 9 heteroatoms. The number of fused-ring (bicyclic) bond motifs is 3. The van der Waals surface area contributed by atoms with Gasteiger partial charge in [0, 0.05) is 57.3 Å². The Balaban J connectivity index is 0.00000361. The van der Waals surface area contributed by atoms with Crippen molar-refractivity contribution >= 4 is 30.0 Å². The third-order valence-electron chi connectivity index (χ3n) is 6.69. The fourth-order valence-corrected chi connectivity index (χ4v) is 4.96. The summed E-state index contributed by atoms with van der Waals surface area (Å²) in [6.45, 7) is 1.97. The Labute approximate surface area is 220 Å². The molecule has 0 N–H and O–H groups in total. The van der Waals surface area contributed by atoms with Gasteiger partial charge in [0.05, 0.1) is 26.0 Å². The van der Waals surface area contributed by atoms with Crippen molar-refractivity contribution in [2.45, 2.75) is 18.4 Å². The number of piperidine rings is 1. The molecule has 2 aliphatic heterocycles. The van der Waals surface area contributed by atoms with E-state index in [1.807, 2.05) is 68.3 Å². The van der Waals surface area contributed by atoms with Gasteiger partial charge >= 0.3 is 0 Å². The molecule has 2 aromatic rings. The van der Waals surface area contributed by atoms with E-state index in [0.29, 0.717) is 23.2 Å². The summed E-state index contributed by atoms with van der Waals surface area (Å²) in [4.78, 5) is 28.3. The summed E-state index contributed by atoms with van der Waals surface area (Å²) in [5, 5.41) is 0. The molecular formula is C27H36ClN5O3.